The highest BCUT2D eigenvalue weighted by Gasteiger charge is 2.12. The van der Waals surface area contributed by atoms with Crippen LogP contribution in [0.25, 0.3) is 0 Å². The van der Waals surface area contributed by atoms with Gasteiger partial charge in [-0.1, -0.05) is 20.8 Å². The smallest absolute Gasteiger partial charge is 0.309 e. The second-order valence-electron chi connectivity index (χ2n) is 2.99. The van der Waals surface area contributed by atoms with Crippen LogP contribution in [-0.4, -0.2) is 25.7 Å². The molecule has 66 valence electrons. The Bertz CT molecular complexity index is 123. The molecule has 0 aliphatic rings. The molecule has 0 aromatic heterocycles. The van der Waals surface area contributed by atoms with Gasteiger partial charge in [0, 0.05) is 12.6 Å². The van der Waals surface area contributed by atoms with Crippen LogP contribution in [0.4, 0.5) is 0 Å². The summed E-state index contributed by atoms with van der Waals surface area (Å²) in [7, 11) is 1.41. The third-order valence-corrected chi connectivity index (χ3v) is 1.44. The molecule has 0 fully saturated rings. The lowest BCUT2D eigenvalue weighted by Crippen LogP contribution is -2.31. The van der Waals surface area contributed by atoms with E-state index in [1.807, 2.05) is 20.8 Å². The summed E-state index contributed by atoms with van der Waals surface area (Å²) in [6.07, 6.45) is 0. The molecule has 11 heavy (non-hydrogen) atoms. The first-order valence-electron chi connectivity index (χ1n) is 3.89. The maximum absolute atomic E-state index is 10.9. The average molecular weight is 159 g/mol. The van der Waals surface area contributed by atoms with Crippen molar-refractivity contribution in [2.75, 3.05) is 13.7 Å². The first-order valence-corrected chi connectivity index (χ1v) is 3.89. The molecule has 0 saturated heterocycles. The number of esters is 1. The Balaban J connectivity index is 3.52. The molecule has 1 unspecified atom stereocenters. The molecule has 0 saturated carbocycles. The summed E-state index contributed by atoms with van der Waals surface area (Å²) in [5.74, 6) is -0.208. The summed E-state index contributed by atoms with van der Waals surface area (Å²) in [5, 5.41) is 3.16. The highest BCUT2D eigenvalue weighted by Crippen LogP contribution is 1.95. The second-order valence-corrected chi connectivity index (χ2v) is 2.99. The van der Waals surface area contributed by atoms with E-state index in [4.69, 9.17) is 0 Å². The maximum atomic E-state index is 10.9. The Morgan fingerprint density at radius 1 is 1.45 bits per heavy atom. The van der Waals surface area contributed by atoms with Gasteiger partial charge in [-0.15, -0.1) is 0 Å². The molecule has 3 heteroatoms. The van der Waals surface area contributed by atoms with Crippen LogP contribution in [-0.2, 0) is 9.53 Å². The minimum Gasteiger partial charge on any atom is -0.469 e. The summed E-state index contributed by atoms with van der Waals surface area (Å²) in [5.41, 5.74) is 0. The minimum absolute atomic E-state index is 0.0533. The number of methoxy groups -OCH3 is 1. The van der Waals surface area contributed by atoms with Crippen LogP contribution < -0.4 is 5.32 Å². The van der Waals surface area contributed by atoms with Crippen molar-refractivity contribution < 1.29 is 9.53 Å². The van der Waals surface area contributed by atoms with Gasteiger partial charge in [-0.2, -0.15) is 0 Å². The first-order chi connectivity index (χ1) is 5.07. The summed E-state index contributed by atoms with van der Waals surface area (Å²) >= 11 is 0. The van der Waals surface area contributed by atoms with Crippen molar-refractivity contribution >= 4 is 5.97 Å². The van der Waals surface area contributed by atoms with E-state index in [0.717, 1.165) is 0 Å². The SMILES string of the molecule is COC(=O)C(C)CNC(C)C. The molecule has 0 amide bonds. The Labute approximate surface area is 68.1 Å². The molecule has 0 rings (SSSR count). The number of nitrogens with one attached hydrogen (secondary N) is 1. The van der Waals surface area contributed by atoms with Gasteiger partial charge in [0.15, 0.2) is 0 Å². The molecule has 0 aromatic rings. The van der Waals surface area contributed by atoms with E-state index in [1.54, 1.807) is 0 Å². The van der Waals surface area contributed by atoms with E-state index in [-0.39, 0.29) is 11.9 Å². The number of rotatable bonds is 4. The highest BCUT2D eigenvalue weighted by atomic mass is 16.5. The number of hydrogen-bond donors (Lipinski definition) is 1. The van der Waals surface area contributed by atoms with E-state index in [1.165, 1.54) is 7.11 Å². The monoisotopic (exact) mass is 159 g/mol. The number of carbonyl (C=O) groups is 1. The number of ether oxygens (including phenoxy) is 1. The molecule has 0 aliphatic heterocycles. The zero-order valence-electron chi connectivity index (χ0n) is 7.68. The molecular formula is C8H17NO2. The number of carbonyl (C=O) groups excluding carboxylic acids is 1. The van der Waals surface area contributed by atoms with Crippen LogP contribution in [0.5, 0.6) is 0 Å². The zero-order chi connectivity index (χ0) is 8.85. The maximum Gasteiger partial charge on any atom is 0.309 e. The predicted octanol–water partition coefficient (Wildman–Crippen LogP) is 0.793. The summed E-state index contributed by atoms with van der Waals surface area (Å²) in [6.45, 7) is 6.62. The quantitative estimate of drug-likeness (QED) is 0.616. The molecule has 3 nitrogen and oxygen atoms in total. The Kier molecular flexibility index (Phi) is 4.86. The lowest BCUT2D eigenvalue weighted by atomic mass is 10.2. The molecule has 0 aromatic carbocycles. The Morgan fingerprint density at radius 2 is 2.00 bits per heavy atom. The minimum atomic E-state index is -0.154. The van der Waals surface area contributed by atoms with Gasteiger partial charge in [-0.05, 0) is 0 Å². The lowest BCUT2D eigenvalue weighted by Gasteiger charge is -2.12. The molecular weight excluding hydrogens is 142 g/mol. The van der Waals surface area contributed by atoms with Gasteiger partial charge in [0.2, 0.25) is 0 Å². The highest BCUT2D eigenvalue weighted by molar-refractivity contribution is 5.71. The largest absolute Gasteiger partial charge is 0.469 e. The second kappa shape index (κ2) is 5.13. The summed E-state index contributed by atoms with van der Waals surface area (Å²) in [6, 6.07) is 0.419. The standard InChI is InChI=1S/C8H17NO2/c1-6(2)9-5-7(3)8(10)11-4/h6-7,9H,5H2,1-4H3. The third kappa shape index (κ3) is 4.79. The van der Waals surface area contributed by atoms with Crippen molar-refractivity contribution in [1.29, 1.82) is 0 Å². The van der Waals surface area contributed by atoms with Crippen molar-refractivity contribution in [2.45, 2.75) is 26.8 Å². The van der Waals surface area contributed by atoms with Crippen LogP contribution in [0.2, 0.25) is 0 Å². The third-order valence-electron chi connectivity index (χ3n) is 1.44. The van der Waals surface area contributed by atoms with Crippen molar-refractivity contribution in [3.8, 4) is 0 Å². The van der Waals surface area contributed by atoms with Crippen LogP contribution in [0.3, 0.4) is 0 Å². The fourth-order valence-electron chi connectivity index (χ4n) is 0.697. The van der Waals surface area contributed by atoms with Crippen molar-refractivity contribution in [3.63, 3.8) is 0 Å². The molecule has 0 bridgehead atoms. The fourth-order valence-corrected chi connectivity index (χ4v) is 0.697. The van der Waals surface area contributed by atoms with Crippen molar-refractivity contribution in [2.24, 2.45) is 5.92 Å². The van der Waals surface area contributed by atoms with Crippen LogP contribution in [0, 0.1) is 5.92 Å². The van der Waals surface area contributed by atoms with E-state index < -0.39 is 0 Å². The number of hydrogen-bond acceptors (Lipinski definition) is 3. The van der Waals surface area contributed by atoms with Gasteiger partial charge in [0.1, 0.15) is 0 Å². The van der Waals surface area contributed by atoms with Crippen LogP contribution in [0.15, 0.2) is 0 Å². The van der Waals surface area contributed by atoms with Gasteiger partial charge in [0.25, 0.3) is 0 Å². The molecule has 0 aliphatic carbocycles. The van der Waals surface area contributed by atoms with Gasteiger partial charge < -0.3 is 10.1 Å². The van der Waals surface area contributed by atoms with Gasteiger partial charge >= 0.3 is 5.97 Å². The predicted molar refractivity (Wildman–Crippen MR) is 44.3 cm³/mol. The Morgan fingerprint density at radius 3 is 2.36 bits per heavy atom. The normalized spacial score (nSPS) is 13.2. The van der Waals surface area contributed by atoms with E-state index in [9.17, 15) is 4.79 Å². The molecule has 1 N–H and O–H groups in total. The van der Waals surface area contributed by atoms with Crippen LogP contribution >= 0.6 is 0 Å². The van der Waals surface area contributed by atoms with Gasteiger partial charge in [-0.3, -0.25) is 4.79 Å². The summed E-state index contributed by atoms with van der Waals surface area (Å²) in [4.78, 5) is 10.9. The molecule has 1 atom stereocenters. The lowest BCUT2D eigenvalue weighted by molar-refractivity contribution is -0.144. The summed E-state index contributed by atoms with van der Waals surface area (Å²) < 4.78 is 4.57. The van der Waals surface area contributed by atoms with Crippen LogP contribution in [0.1, 0.15) is 20.8 Å². The first kappa shape index (κ1) is 10.4. The van der Waals surface area contributed by atoms with Crippen molar-refractivity contribution in [1.82, 2.24) is 5.32 Å². The van der Waals surface area contributed by atoms with E-state index in [2.05, 4.69) is 10.1 Å². The van der Waals surface area contributed by atoms with E-state index in [0.29, 0.717) is 12.6 Å². The topological polar surface area (TPSA) is 38.3 Å². The average Bonchev–Trinajstić information content (AvgIpc) is 1.98. The molecule has 0 radical (unpaired) electrons. The molecule has 0 heterocycles. The fraction of sp³-hybridized carbons (Fsp3) is 0.875. The van der Waals surface area contributed by atoms with Gasteiger partial charge in [-0.25, -0.2) is 0 Å². The van der Waals surface area contributed by atoms with Gasteiger partial charge in [0.05, 0.1) is 13.0 Å². The van der Waals surface area contributed by atoms with Crippen molar-refractivity contribution in [3.05, 3.63) is 0 Å². The molecule has 0 spiro atoms. The Hall–Kier alpha value is -0.570. The van der Waals surface area contributed by atoms with E-state index >= 15 is 0 Å². The zero-order valence-corrected chi connectivity index (χ0v) is 7.68.